The normalized spacial score (nSPS) is 12.1. The van der Waals surface area contributed by atoms with Crippen molar-refractivity contribution in [2.45, 2.75) is 0 Å². The van der Waals surface area contributed by atoms with Crippen LogP contribution in [-0.4, -0.2) is 51.7 Å². The van der Waals surface area contributed by atoms with Gasteiger partial charge in [-0.05, 0) is 54.6 Å². The van der Waals surface area contributed by atoms with Gasteiger partial charge in [0.15, 0.2) is 27.6 Å². The molecule has 0 fully saturated rings. The first-order valence-corrected chi connectivity index (χ1v) is 11.5. The molecule has 0 aliphatic heterocycles. The molecule has 0 saturated carbocycles. The molecule has 12 nitrogen and oxygen atoms in total. The lowest BCUT2D eigenvalue weighted by molar-refractivity contribution is -0.586. The Morgan fingerprint density at radius 2 is 1.21 bits per heavy atom. The maximum absolute atomic E-state index is 11.7. The molecule has 3 aromatic carbocycles. The van der Waals surface area contributed by atoms with Gasteiger partial charge in [0.25, 0.3) is 0 Å². The first kappa shape index (κ1) is 21.7. The maximum atomic E-state index is 11.7. The van der Waals surface area contributed by atoms with Gasteiger partial charge in [0, 0.05) is 0 Å². The van der Waals surface area contributed by atoms with E-state index in [0.29, 0.717) is 44.9 Å². The van der Waals surface area contributed by atoms with Crippen LogP contribution < -0.4 is 8.80 Å². The highest BCUT2D eigenvalue weighted by Crippen LogP contribution is 2.25. The lowest BCUT2D eigenvalue weighted by Gasteiger charge is -1.96. The number of nitrogens with zero attached hydrogens (tertiary/aromatic N) is 6. The van der Waals surface area contributed by atoms with Gasteiger partial charge in [-0.3, -0.25) is 0 Å². The summed E-state index contributed by atoms with van der Waals surface area (Å²) in [7, 11) is 3.64. The summed E-state index contributed by atoms with van der Waals surface area (Å²) >= 11 is 0. The molecule has 0 radical (unpaired) electrons. The minimum absolute atomic E-state index is 0.0956. The van der Waals surface area contributed by atoms with Crippen LogP contribution in [0.1, 0.15) is 31.1 Å². The van der Waals surface area contributed by atoms with Crippen molar-refractivity contribution in [2.24, 2.45) is 14.1 Å². The Hall–Kier alpha value is -5.52. The van der Waals surface area contributed by atoms with Crippen molar-refractivity contribution >= 4 is 68.3 Å². The largest absolute Gasteiger partial charge is 0.478 e. The summed E-state index contributed by atoms with van der Waals surface area (Å²) in [6, 6.07) is 14.4. The van der Waals surface area contributed by atoms with E-state index in [0.717, 1.165) is 5.52 Å². The van der Waals surface area contributed by atoms with E-state index in [9.17, 15) is 29.7 Å². The molecule has 38 heavy (non-hydrogen) atoms. The number of carboxylic acids is 3. The van der Waals surface area contributed by atoms with E-state index in [4.69, 9.17) is 4.98 Å². The third-order valence-corrected chi connectivity index (χ3v) is 7.13. The quantitative estimate of drug-likeness (QED) is 0.308. The van der Waals surface area contributed by atoms with E-state index in [1.165, 1.54) is 24.3 Å². The van der Waals surface area contributed by atoms with Gasteiger partial charge in [0.05, 0.1) is 30.8 Å². The zero-order valence-corrected chi connectivity index (χ0v) is 19.9. The molecule has 7 rings (SSSR count). The van der Waals surface area contributed by atoms with Gasteiger partial charge in [-0.15, -0.1) is 13.2 Å². The molecule has 0 saturated heterocycles. The van der Waals surface area contributed by atoms with Crippen LogP contribution in [0.5, 0.6) is 0 Å². The molecule has 4 heterocycles. The summed E-state index contributed by atoms with van der Waals surface area (Å²) in [5.74, 6) is -1.40. The lowest BCUT2D eigenvalue weighted by atomic mass is 10.2. The van der Waals surface area contributed by atoms with E-state index in [-0.39, 0.29) is 16.7 Å². The van der Waals surface area contributed by atoms with Crippen molar-refractivity contribution in [3.63, 3.8) is 0 Å². The van der Waals surface area contributed by atoms with Crippen LogP contribution >= 0.6 is 0 Å². The monoisotopic (exact) mass is 510 g/mol. The minimum atomic E-state index is -1.07. The standard InChI is InChI=1S/C26H16N6O6/c1-28-19-10-13(22(35)36)4-7-17(19)31-24-27-15-9-12(21(33)34)3-6-16(15)30(24)25-29(2)20-11-14(23(37)38)5-8-18(20)32(25)26(28)31/h3-11H,1-2H3,(H-2,33,34,35,36,37,38)/p+2. The molecule has 0 amide bonds. The second-order valence-corrected chi connectivity index (χ2v) is 9.16. The zero-order valence-electron chi connectivity index (χ0n) is 19.9. The number of aryl methyl sites for hydroxylation is 2. The molecule has 12 heteroatoms. The highest BCUT2D eigenvalue weighted by atomic mass is 16.4. The van der Waals surface area contributed by atoms with Gasteiger partial charge in [-0.25, -0.2) is 23.5 Å². The molecule has 4 aromatic heterocycles. The van der Waals surface area contributed by atoms with Crippen LogP contribution in [0.25, 0.3) is 50.4 Å². The van der Waals surface area contributed by atoms with Crippen LogP contribution in [0.15, 0.2) is 54.6 Å². The molecule has 0 spiro atoms. The SMILES string of the molecule is Cn1c2cc(C(=O)O)ccc2[n+]2c1n1c3ccc(C(=O)O)cc3nc1[n+]1c3ccc(C(=O)O)cc3n(C)c12. The Morgan fingerprint density at radius 1 is 0.684 bits per heavy atom. The summed E-state index contributed by atoms with van der Waals surface area (Å²) in [4.78, 5) is 40.0. The van der Waals surface area contributed by atoms with Crippen molar-refractivity contribution < 1.29 is 38.5 Å². The van der Waals surface area contributed by atoms with Gasteiger partial charge < -0.3 is 15.3 Å². The minimum Gasteiger partial charge on any atom is -0.478 e. The maximum Gasteiger partial charge on any atom is 0.419 e. The van der Waals surface area contributed by atoms with Gasteiger partial charge in [-0.2, -0.15) is 4.98 Å². The van der Waals surface area contributed by atoms with Gasteiger partial charge >= 0.3 is 35.2 Å². The number of imidazole rings is 3. The van der Waals surface area contributed by atoms with Crippen LogP contribution in [-0.2, 0) is 14.1 Å². The average molecular weight is 510 g/mol. The number of aromatic nitrogens is 6. The van der Waals surface area contributed by atoms with Crippen molar-refractivity contribution in [2.75, 3.05) is 0 Å². The predicted molar refractivity (Wildman–Crippen MR) is 133 cm³/mol. The first-order valence-electron chi connectivity index (χ1n) is 11.5. The highest BCUT2D eigenvalue weighted by Gasteiger charge is 2.35. The van der Waals surface area contributed by atoms with Crippen LogP contribution in [0, 0.1) is 0 Å². The molecule has 0 unspecified atom stereocenters. The van der Waals surface area contributed by atoms with Crippen LogP contribution in [0.3, 0.4) is 0 Å². The van der Waals surface area contributed by atoms with E-state index in [2.05, 4.69) is 0 Å². The van der Waals surface area contributed by atoms with Crippen LogP contribution in [0.4, 0.5) is 0 Å². The molecule has 3 N–H and O–H groups in total. The number of hydrogen-bond acceptors (Lipinski definition) is 4. The van der Waals surface area contributed by atoms with Crippen molar-refractivity contribution in [1.82, 2.24) is 18.5 Å². The molecule has 0 aliphatic rings. The van der Waals surface area contributed by atoms with Gasteiger partial charge in [0.1, 0.15) is 5.52 Å². The van der Waals surface area contributed by atoms with E-state index in [1.807, 2.05) is 36.4 Å². The molecule has 0 bridgehead atoms. The summed E-state index contributed by atoms with van der Waals surface area (Å²) in [5, 5.41) is 28.7. The van der Waals surface area contributed by atoms with Crippen molar-refractivity contribution in [3.8, 4) is 0 Å². The number of aromatic carboxylic acids is 3. The second-order valence-electron chi connectivity index (χ2n) is 9.16. The zero-order chi connectivity index (χ0) is 26.6. The topological polar surface area (TPSA) is 147 Å². The number of benzene rings is 3. The Morgan fingerprint density at radius 3 is 1.82 bits per heavy atom. The Bertz CT molecular complexity index is 2220. The second kappa shape index (κ2) is 7.03. The smallest absolute Gasteiger partial charge is 0.419 e. The lowest BCUT2D eigenvalue weighted by Crippen LogP contribution is -2.40. The molecule has 0 atom stereocenters. The van der Waals surface area contributed by atoms with E-state index < -0.39 is 17.9 Å². The fraction of sp³-hybridized carbons (Fsp3) is 0.0769. The summed E-state index contributed by atoms with van der Waals surface area (Å²) < 4.78 is 9.46. The van der Waals surface area contributed by atoms with Crippen molar-refractivity contribution in [1.29, 1.82) is 0 Å². The summed E-state index contributed by atoms with van der Waals surface area (Å²) in [6.45, 7) is 0. The first-order chi connectivity index (χ1) is 18.2. The number of rotatable bonds is 3. The molecular weight excluding hydrogens is 492 g/mol. The number of carbonyl (C=O) groups is 3. The van der Waals surface area contributed by atoms with Gasteiger partial charge in [-0.1, -0.05) is 0 Å². The number of carboxylic acid groups (broad SMARTS) is 3. The number of fused-ring (bicyclic) bond motifs is 12. The Labute approximate surface area is 211 Å². The summed E-state index contributed by atoms with van der Waals surface area (Å²) in [5.41, 5.74) is 4.18. The number of hydrogen-bond donors (Lipinski definition) is 3. The fourth-order valence-electron chi connectivity index (χ4n) is 5.40. The Kier molecular flexibility index (Phi) is 4.02. The third kappa shape index (κ3) is 2.57. The Balaban J connectivity index is 1.82. The van der Waals surface area contributed by atoms with Crippen LogP contribution in [0.2, 0.25) is 0 Å². The molecule has 0 aliphatic carbocycles. The van der Waals surface area contributed by atoms with E-state index in [1.54, 1.807) is 30.3 Å². The van der Waals surface area contributed by atoms with Crippen molar-refractivity contribution in [3.05, 3.63) is 71.3 Å². The fourth-order valence-corrected chi connectivity index (χ4v) is 5.40. The summed E-state index contributed by atoms with van der Waals surface area (Å²) in [6.07, 6.45) is 0. The van der Waals surface area contributed by atoms with E-state index >= 15 is 0 Å². The highest BCUT2D eigenvalue weighted by molar-refractivity contribution is 5.95. The average Bonchev–Trinajstić information content (AvgIpc) is 3.51. The molecular formula is C26H18N6O6+2. The predicted octanol–water partition coefficient (Wildman–Crippen LogP) is 2.04. The van der Waals surface area contributed by atoms with Gasteiger partial charge in [0.2, 0.25) is 0 Å². The molecule has 7 aromatic rings. The molecule has 186 valence electrons. The third-order valence-electron chi connectivity index (χ3n) is 7.13.